The molecule has 0 amide bonds. The van der Waals surface area contributed by atoms with Gasteiger partial charge in [-0.05, 0) is 18.3 Å². The third kappa shape index (κ3) is 0.664. The minimum Gasteiger partial charge on any atom is -0.299 e. The molecule has 0 saturated heterocycles. The van der Waals surface area contributed by atoms with Crippen molar-refractivity contribution in [3.05, 3.63) is 12.2 Å². The summed E-state index contributed by atoms with van der Waals surface area (Å²) < 4.78 is 0. The second kappa shape index (κ2) is 1.94. The minimum absolute atomic E-state index is 0.309. The molecule has 10 heavy (non-hydrogen) atoms. The summed E-state index contributed by atoms with van der Waals surface area (Å²) in [5.74, 6) is 2.04. The van der Waals surface area contributed by atoms with Crippen LogP contribution in [0.4, 0.5) is 0 Å². The van der Waals surface area contributed by atoms with E-state index in [0.717, 1.165) is 12.8 Å². The average Bonchev–Trinajstić information content (AvgIpc) is 2.41. The van der Waals surface area contributed by atoms with Crippen LogP contribution >= 0.6 is 0 Å². The summed E-state index contributed by atoms with van der Waals surface area (Å²) in [4.78, 5) is 11.2. The van der Waals surface area contributed by atoms with Crippen molar-refractivity contribution in [2.24, 2.45) is 17.8 Å². The van der Waals surface area contributed by atoms with Gasteiger partial charge in [0.05, 0.1) is 0 Å². The van der Waals surface area contributed by atoms with Crippen molar-refractivity contribution in [3.63, 3.8) is 0 Å². The zero-order valence-corrected chi connectivity index (χ0v) is 6.21. The maximum Gasteiger partial charge on any atom is 0.136 e. The highest BCUT2D eigenvalue weighted by Crippen LogP contribution is 2.41. The third-order valence-electron chi connectivity index (χ3n) is 2.89. The molecule has 0 radical (unpaired) electrons. The molecule has 0 N–H and O–H groups in total. The van der Waals surface area contributed by atoms with Gasteiger partial charge >= 0.3 is 0 Å². The number of hydrogen-bond acceptors (Lipinski definition) is 1. The first-order valence-electron chi connectivity index (χ1n) is 3.98. The van der Waals surface area contributed by atoms with Gasteiger partial charge in [0.1, 0.15) is 5.78 Å². The predicted molar refractivity (Wildman–Crippen MR) is 39.5 cm³/mol. The number of ketones is 1. The largest absolute Gasteiger partial charge is 0.299 e. The van der Waals surface area contributed by atoms with Crippen LogP contribution in [0.2, 0.25) is 0 Å². The van der Waals surface area contributed by atoms with Crippen molar-refractivity contribution in [2.45, 2.75) is 19.8 Å². The molecule has 0 aromatic carbocycles. The molecule has 1 heteroatoms. The quantitative estimate of drug-likeness (QED) is 0.464. The van der Waals surface area contributed by atoms with Crippen molar-refractivity contribution < 1.29 is 4.79 Å². The molecule has 54 valence electrons. The van der Waals surface area contributed by atoms with Crippen LogP contribution in [0.15, 0.2) is 12.2 Å². The smallest absolute Gasteiger partial charge is 0.136 e. The lowest BCUT2D eigenvalue weighted by atomic mass is 9.94. The fourth-order valence-corrected chi connectivity index (χ4v) is 2.18. The predicted octanol–water partition coefficient (Wildman–Crippen LogP) is 1.79. The van der Waals surface area contributed by atoms with Gasteiger partial charge in [-0.3, -0.25) is 4.79 Å². The molecule has 2 aliphatic rings. The summed E-state index contributed by atoms with van der Waals surface area (Å²) in [6.45, 7) is 2.06. The van der Waals surface area contributed by atoms with E-state index in [1.807, 2.05) is 0 Å². The highest BCUT2D eigenvalue weighted by atomic mass is 16.1. The standard InChI is InChI=1S/C9H12O/c1-6-8-4-2-3-7(8)5-9(6)10/h2,4,6-8H,3,5H2,1H3/t6-,7+,8-/m1/s1. The molecule has 0 bridgehead atoms. The Kier molecular flexibility index (Phi) is 1.19. The first kappa shape index (κ1) is 6.14. The highest BCUT2D eigenvalue weighted by Gasteiger charge is 2.39. The lowest BCUT2D eigenvalue weighted by Crippen LogP contribution is -2.08. The van der Waals surface area contributed by atoms with Crippen LogP contribution in [0.1, 0.15) is 19.8 Å². The van der Waals surface area contributed by atoms with Gasteiger partial charge in [-0.2, -0.15) is 0 Å². The topological polar surface area (TPSA) is 17.1 Å². The SMILES string of the molecule is C[C@H]1C(=O)C[C@@H]2CC=C[C@@H]21. The number of carbonyl (C=O) groups excluding carboxylic acids is 1. The number of rotatable bonds is 0. The first-order chi connectivity index (χ1) is 4.79. The van der Waals surface area contributed by atoms with E-state index < -0.39 is 0 Å². The van der Waals surface area contributed by atoms with Crippen molar-refractivity contribution in [2.75, 3.05) is 0 Å². The van der Waals surface area contributed by atoms with Crippen LogP contribution in [0.5, 0.6) is 0 Å². The molecule has 1 nitrogen and oxygen atoms in total. The fourth-order valence-electron chi connectivity index (χ4n) is 2.18. The van der Waals surface area contributed by atoms with Crippen molar-refractivity contribution >= 4 is 5.78 Å². The Morgan fingerprint density at radius 1 is 1.60 bits per heavy atom. The van der Waals surface area contributed by atoms with Gasteiger partial charge in [0.25, 0.3) is 0 Å². The number of carbonyl (C=O) groups is 1. The fraction of sp³-hybridized carbons (Fsp3) is 0.667. The Bertz CT molecular complexity index is 193. The zero-order chi connectivity index (χ0) is 7.14. The van der Waals surface area contributed by atoms with Crippen LogP contribution in [0.3, 0.4) is 0 Å². The van der Waals surface area contributed by atoms with Crippen LogP contribution in [-0.2, 0) is 4.79 Å². The van der Waals surface area contributed by atoms with Crippen LogP contribution in [0.25, 0.3) is 0 Å². The van der Waals surface area contributed by atoms with Gasteiger partial charge in [0.2, 0.25) is 0 Å². The second-order valence-electron chi connectivity index (χ2n) is 3.46. The van der Waals surface area contributed by atoms with Gasteiger partial charge in [-0.25, -0.2) is 0 Å². The average molecular weight is 136 g/mol. The Morgan fingerprint density at radius 3 is 3.10 bits per heavy atom. The number of fused-ring (bicyclic) bond motifs is 1. The molecule has 1 saturated carbocycles. The van der Waals surface area contributed by atoms with Gasteiger partial charge in [0, 0.05) is 12.3 Å². The second-order valence-corrected chi connectivity index (χ2v) is 3.46. The molecule has 0 heterocycles. The summed E-state index contributed by atoms with van der Waals surface area (Å²) in [7, 11) is 0. The van der Waals surface area contributed by atoms with Crippen LogP contribution < -0.4 is 0 Å². The Hall–Kier alpha value is -0.590. The minimum atomic E-state index is 0.309. The van der Waals surface area contributed by atoms with Gasteiger partial charge in [-0.15, -0.1) is 0 Å². The summed E-state index contributed by atoms with van der Waals surface area (Å²) in [5.41, 5.74) is 0. The Morgan fingerprint density at radius 2 is 2.40 bits per heavy atom. The Labute approximate surface area is 61.1 Å². The summed E-state index contributed by atoms with van der Waals surface area (Å²) in [6, 6.07) is 0. The molecule has 3 atom stereocenters. The van der Waals surface area contributed by atoms with Gasteiger partial charge in [-0.1, -0.05) is 19.1 Å². The normalized spacial score (nSPS) is 44.5. The van der Waals surface area contributed by atoms with E-state index in [1.54, 1.807) is 0 Å². The van der Waals surface area contributed by atoms with Crippen LogP contribution in [-0.4, -0.2) is 5.78 Å². The molecule has 2 aliphatic carbocycles. The van der Waals surface area contributed by atoms with E-state index in [1.165, 1.54) is 0 Å². The van der Waals surface area contributed by atoms with Crippen molar-refractivity contribution in [1.82, 2.24) is 0 Å². The van der Waals surface area contributed by atoms with Crippen LogP contribution in [0, 0.1) is 17.8 Å². The van der Waals surface area contributed by atoms with E-state index in [0.29, 0.717) is 23.5 Å². The monoisotopic (exact) mass is 136 g/mol. The first-order valence-corrected chi connectivity index (χ1v) is 3.98. The molecule has 0 unspecified atom stereocenters. The van der Waals surface area contributed by atoms with E-state index in [2.05, 4.69) is 19.1 Å². The van der Waals surface area contributed by atoms with Crippen molar-refractivity contribution in [3.8, 4) is 0 Å². The van der Waals surface area contributed by atoms with E-state index in [-0.39, 0.29) is 0 Å². The molecule has 0 aromatic heterocycles. The molecule has 0 spiro atoms. The molecule has 0 aliphatic heterocycles. The maximum absolute atomic E-state index is 11.2. The van der Waals surface area contributed by atoms with E-state index in [4.69, 9.17) is 0 Å². The molecule has 2 rings (SSSR count). The lowest BCUT2D eigenvalue weighted by molar-refractivity contribution is -0.120. The molecule has 0 aromatic rings. The Balaban J connectivity index is 2.23. The molecular weight excluding hydrogens is 124 g/mol. The van der Waals surface area contributed by atoms with Gasteiger partial charge in [0.15, 0.2) is 0 Å². The zero-order valence-electron chi connectivity index (χ0n) is 6.21. The number of allylic oxidation sites excluding steroid dienone is 2. The lowest BCUT2D eigenvalue weighted by Gasteiger charge is -2.09. The van der Waals surface area contributed by atoms with E-state index in [9.17, 15) is 4.79 Å². The molecular formula is C9H12O. The van der Waals surface area contributed by atoms with Gasteiger partial charge < -0.3 is 0 Å². The summed E-state index contributed by atoms with van der Waals surface area (Å²) >= 11 is 0. The number of hydrogen-bond donors (Lipinski definition) is 0. The number of Topliss-reactive ketones (excluding diaryl/α,β-unsaturated/α-hetero) is 1. The summed E-state index contributed by atoms with van der Waals surface area (Å²) in [5, 5.41) is 0. The maximum atomic E-state index is 11.2. The van der Waals surface area contributed by atoms with Crippen molar-refractivity contribution in [1.29, 1.82) is 0 Å². The highest BCUT2D eigenvalue weighted by molar-refractivity contribution is 5.84. The van der Waals surface area contributed by atoms with E-state index >= 15 is 0 Å². The third-order valence-corrected chi connectivity index (χ3v) is 2.89. The molecule has 1 fully saturated rings. The summed E-state index contributed by atoms with van der Waals surface area (Å²) in [6.07, 6.45) is 6.41.